The maximum absolute atomic E-state index is 13.2. The molecule has 2 aromatic carbocycles. The standard InChI is InChI=1S/C21H26N2O4S2/c1-3-23(14-16-12-13-27-15-16)21(24)19-6-4-5-7-20(19)28-17-8-10-18(11-9-17)29(25,26)22-2/h4-11,16,22H,3,12-15H2,1-2H3/t16-/m1/s1. The van der Waals surface area contributed by atoms with Gasteiger partial charge in [0.2, 0.25) is 10.0 Å². The van der Waals surface area contributed by atoms with Gasteiger partial charge in [0.15, 0.2) is 0 Å². The van der Waals surface area contributed by atoms with Crippen LogP contribution in [-0.2, 0) is 14.8 Å². The fourth-order valence-corrected chi connectivity index (χ4v) is 4.90. The first-order valence-electron chi connectivity index (χ1n) is 9.62. The molecule has 1 amide bonds. The Labute approximate surface area is 176 Å². The van der Waals surface area contributed by atoms with Crippen molar-refractivity contribution in [3.8, 4) is 0 Å². The molecule has 1 N–H and O–H groups in total. The van der Waals surface area contributed by atoms with Crippen molar-refractivity contribution in [2.75, 3.05) is 33.4 Å². The first-order chi connectivity index (χ1) is 13.9. The van der Waals surface area contributed by atoms with E-state index in [9.17, 15) is 13.2 Å². The second-order valence-corrected chi connectivity index (χ2v) is 9.85. The predicted octanol–water partition coefficient (Wildman–Crippen LogP) is 3.24. The number of hydrogen-bond acceptors (Lipinski definition) is 5. The van der Waals surface area contributed by atoms with E-state index in [0.29, 0.717) is 31.2 Å². The van der Waals surface area contributed by atoms with Crippen LogP contribution in [0.2, 0.25) is 0 Å². The highest BCUT2D eigenvalue weighted by atomic mass is 32.2. The highest BCUT2D eigenvalue weighted by molar-refractivity contribution is 7.99. The maximum atomic E-state index is 13.2. The van der Waals surface area contributed by atoms with E-state index in [2.05, 4.69) is 4.72 Å². The molecule has 3 rings (SSSR count). The van der Waals surface area contributed by atoms with Crippen molar-refractivity contribution < 1.29 is 17.9 Å². The zero-order valence-electron chi connectivity index (χ0n) is 16.6. The van der Waals surface area contributed by atoms with Gasteiger partial charge < -0.3 is 9.64 Å². The molecule has 1 atom stereocenters. The Balaban J connectivity index is 1.78. The molecule has 1 heterocycles. The van der Waals surface area contributed by atoms with Crippen LogP contribution < -0.4 is 4.72 Å². The van der Waals surface area contributed by atoms with Crippen molar-refractivity contribution in [1.29, 1.82) is 0 Å². The van der Waals surface area contributed by atoms with Gasteiger partial charge in [0.1, 0.15) is 0 Å². The Morgan fingerprint density at radius 3 is 2.55 bits per heavy atom. The third-order valence-electron chi connectivity index (χ3n) is 4.92. The van der Waals surface area contributed by atoms with Crippen molar-refractivity contribution in [1.82, 2.24) is 9.62 Å². The Kier molecular flexibility index (Phi) is 7.34. The number of hydrogen-bond donors (Lipinski definition) is 1. The molecular formula is C21H26N2O4S2. The third-order valence-corrected chi connectivity index (χ3v) is 7.43. The molecule has 0 spiro atoms. The minimum atomic E-state index is -3.47. The Bertz CT molecular complexity index is 939. The molecule has 1 fully saturated rings. The summed E-state index contributed by atoms with van der Waals surface area (Å²) in [4.78, 5) is 17.0. The summed E-state index contributed by atoms with van der Waals surface area (Å²) in [6.07, 6.45) is 0.988. The van der Waals surface area contributed by atoms with E-state index in [1.54, 1.807) is 24.3 Å². The molecule has 0 aliphatic carbocycles. The molecule has 8 heteroatoms. The van der Waals surface area contributed by atoms with Gasteiger partial charge in [-0.1, -0.05) is 23.9 Å². The zero-order valence-corrected chi connectivity index (χ0v) is 18.3. The minimum Gasteiger partial charge on any atom is -0.381 e. The number of benzene rings is 2. The molecule has 1 saturated heterocycles. The van der Waals surface area contributed by atoms with Crippen LogP contribution in [0.25, 0.3) is 0 Å². The maximum Gasteiger partial charge on any atom is 0.255 e. The highest BCUT2D eigenvalue weighted by Gasteiger charge is 2.24. The summed E-state index contributed by atoms with van der Waals surface area (Å²) in [5.41, 5.74) is 0.658. The monoisotopic (exact) mass is 434 g/mol. The fraction of sp³-hybridized carbons (Fsp3) is 0.381. The highest BCUT2D eigenvalue weighted by Crippen LogP contribution is 2.32. The first kappa shape index (κ1) is 21.8. The first-order valence-corrected chi connectivity index (χ1v) is 11.9. The lowest BCUT2D eigenvalue weighted by atomic mass is 10.1. The van der Waals surface area contributed by atoms with E-state index >= 15 is 0 Å². The number of nitrogens with zero attached hydrogens (tertiary/aromatic N) is 1. The second kappa shape index (κ2) is 9.75. The average Bonchev–Trinajstić information content (AvgIpc) is 3.25. The van der Waals surface area contributed by atoms with Gasteiger partial charge in [-0.05, 0) is 56.8 Å². The summed E-state index contributed by atoms with van der Waals surface area (Å²) in [6, 6.07) is 14.2. The normalized spacial score (nSPS) is 16.7. The third kappa shape index (κ3) is 5.39. The van der Waals surface area contributed by atoms with Crippen LogP contribution in [0.5, 0.6) is 0 Å². The molecule has 0 saturated carbocycles. The van der Waals surface area contributed by atoms with E-state index in [-0.39, 0.29) is 10.8 Å². The predicted molar refractivity (Wildman–Crippen MR) is 114 cm³/mol. The Morgan fingerprint density at radius 2 is 1.93 bits per heavy atom. The summed E-state index contributed by atoms with van der Waals surface area (Å²) in [7, 11) is -2.08. The molecule has 1 aliphatic rings. The van der Waals surface area contributed by atoms with Crippen molar-refractivity contribution in [3.63, 3.8) is 0 Å². The van der Waals surface area contributed by atoms with Crippen LogP contribution in [-0.4, -0.2) is 52.6 Å². The number of amides is 1. The molecule has 6 nitrogen and oxygen atoms in total. The van der Waals surface area contributed by atoms with Gasteiger partial charge in [0, 0.05) is 35.4 Å². The van der Waals surface area contributed by atoms with Crippen molar-refractivity contribution in [3.05, 3.63) is 54.1 Å². The van der Waals surface area contributed by atoms with Crippen LogP contribution in [0.4, 0.5) is 0 Å². The molecule has 2 aromatic rings. The van der Waals surface area contributed by atoms with Crippen molar-refractivity contribution in [2.45, 2.75) is 28.0 Å². The van der Waals surface area contributed by atoms with E-state index in [0.717, 1.165) is 22.8 Å². The summed E-state index contributed by atoms with van der Waals surface area (Å²) >= 11 is 1.45. The summed E-state index contributed by atoms with van der Waals surface area (Å²) in [5.74, 6) is 0.400. The Morgan fingerprint density at radius 1 is 1.21 bits per heavy atom. The largest absolute Gasteiger partial charge is 0.381 e. The van der Waals surface area contributed by atoms with Crippen LogP contribution in [0.1, 0.15) is 23.7 Å². The summed E-state index contributed by atoms with van der Waals surface area (Å²) < 4.78 is 31.5. The average molecular weight is 435 g/mol. The van der Waals surface area contributed by atoms with E-state index in [4.69, 9.17) is 4.74 Å². The van der Waals surface area contributed by atoms with Crippen LogP contribution in [0.15, 0.2) is 63.2 Å². The lowest BCUT2D eigenvalue weighted by molar-refractivity contribution is 0.0727. The van der Waals surface area contributed by atoms with E-state index < -0.39 is 10.0 Å². The van der Waals surface area contributed by atoms with E-state index in [1.165, 1.54) is 18.8 Å². The second-order valence-electron chi connectivity index (χ2n) is 6.85. The molecule has 1 aliphatic heterocycles. The number of sulfonamides is 1. The van der Waals surface area contributed by atoms with Gasteiger partial charge in [0.25, 0.3) is 5.91 Å². The molecule has 0 bridgehead atoms. The van der Waals surface area contributed by atoms with Crippen molar-refractivity contribution in [2.24, 2.45) is 5.92 Å². The van der Waals surface area contributed by atoms with Gasteiger partial charge in [-0.2, -0.15) is 0 Å². The number of carbonyl (C=O) groups is 1. The lowest BCUT2D eigenvalue weighted by Crippen LogP contribution is -2.35. The zero-order chi connectivity index (χ0) is 20.9. The van der Waals surface area contributed by atoms with Gasteiger partial charge in [-0.3, -0.25) is 4.79 Å². The molecule has 0 unspecified atom stereocenters. The van der Waals surface area contributed by atoms with Crippen LogP contribution >= 0.6 is 11.8 Å². The fourth-order valence-electron chi connectivity index (χ4n) is 3.23. The number of rotatable bonds is 8. The number of ether oxygens (including phenoxy) is 1. The molecule has 0 aromatic heterocycles. The Hall–Kier alpha value is -1.87. The topological polar surface area (TPSA) is 75.7 Å². The van der Waals surface area contributed by atoms with Gasteiger partial charge in [0.05, 0.1) is 17.1 Å². The lowest BCUT2D eigenvalue weighted by Gasteiger charge is -2.24. The SMILES string of the molecule is CCN(C[C@H]1CCOC1)C(=O)c1ccccc1Sc1ccc(S(=O)(=O)NC)cc1. The number of nitrogens with one attached hydrogen (secondary N) is 1. The summed E-state index contributed by atoms with van der Waals surface area (Å²) in [5, 5.41) is 0. The van der Waals surface area contributed by atoms with Crippen LogP contribution in [0, 0.1) is 5.92 Å². The summed E-state index contributed by atoms with van der Waals surface area (Å²) in [6.45, 7) is 4.81. The minimum absolute atomic E-state index is 0.0110. The van der Waals surface area contributed by atoms with Crippen LogP contribution in [0.3, 0.4) is 0 Å². The van der Waals surface area contributed by atoms with Gasteiger partial charge >= 0.3 is 0 Å². The molecule has 0 radical (unpaired) electrons. The number of carbonyl (C=O) groups excluding carboxylic acids is 1. The quantitative estimate of drug-likeness (QED) is 0.690. The van der Waals surface area contributed by atoms with Crippen molar-refractivity contribution >= 4 is 27.7 Å². The van der Waals surface area contributed by atoms with Gasteiger partial charge in [-0.15, -0.1) is 0 Å². The molecular weight excluding hydrogens is 408 g/mol. The molecule has 29 heavy (non-hydrogen) atoms. The van der Waals surface area contributed by atoms with E-state index in [1.807, 2.05) is 36.1 Å². The molecule has 156 valence electrons. The van der Waals surface area contributed by atoms with Gasteiger partial charge in [-0.25, -0.2) is 13.1 Å². The smallest absolute Gasteiger partial charge is 0.255 e.